The third-order valence-electron chi connectivity index (χ3n) is 3.37. The van der Waals surface area contributed by atoms with E-state index in [2.05, 4.69) is 9.97 Å². The Balaban J connectivity index is 2.07. The Kier molecular flexibility index (Phi) is 3.50. The van der Waals surface area contributed by atoms with Gasteiger partial charge in [-0.3, -0.25) is 4.79 Å². The lowest BCUT2D eigenvalue weighted by Gasteiger charge is -2.15. The number of para-hydroxylation sites is 2. The minimum atomic E-state index is -0.138. The number of nitrogens with zero attached hydrogens (tertiary/aromatic N) is 3. The standard InChI is InChI=1S/C16H15N3O2/c1-19(8-9-20)16(21)11-6-7-14-15(10-11)18-13-5-3-2-4-12(13)17-14/h2-7,10,20H,8-9H2,1H3. The molecule has 1 amide bonds. The van der Waals surface area contributed by atoms with Gasteiger partial charge < -0.3 is 10.0 Å². The fourth-order valence-electron chi connectivity index (χ4n) is 2.23. The molecule has 0 saturated heterocycles. The van der Waals surface area contributed by atoms with Gasteiger partial charge in [0.2, 0.25) is 0 Å². The molecule has 1 aromatic heterocycles. The van der Waals surface area contributed by atoms with E-state index in [4.69, 9.17) is 5.11 Å². The van der Waals surface area contributed by atoms with Crippen LogP contribution >= 0.6 is 0 Å². The molecule has 2 aromatic carbocycles. The molecule has 0 saturated carbocycles. The lowest BCUT2D eigenvalue weighted by Crippen LogP contribution is -2.29. The number of carbonyl (C=O) groups excluding carboxylic acids is 1. The van der Waals surface area contributed by atoms with Crippen molar-refractivity contribution in [2.45, 2.75) is 0 Å². The van der Waals surface area contributed by atoms with Gasteiger partial charge in [-0.15, -0.1) is 0 Å². The highest BCUT2D eigenvalue weighted by atomic mass is 16.3. The number of likely N-dealkylation sites (N-methyl/N-ethyl adjacent to an activating group) is 1. The summed E-state index contributed by atoms with van der Waals surface area (Å²) >= 11 is 0. The Hall–Kier alpha value is -2.53. The third kappa shape index (κ3) is 2.55. The second-order valence-electron chi connectivity index (χ2n) is 4.87. The van der Waals surface area contributed by atoms with Crippen LogP contribution in [0.1, 0.15) is 10.4 Å². The first-order valence-corrected chi connectivity index (χ1v) is 6.72. The maximum atomic E-state index is 12.2. The topological polar surface area (TPSA) is 66.3 Å². The summed E-state index contributed by atoms with van der Waals surface area (Å²) in [7, 11) is 1.66. The van der Waals surface area contributed by atoms with Crippen molar-refractivity contribution < 1.29 is 9.90 Å². The van der Waals surface area contributed by atoms with Crippen LogP contribution in [0.25, 0.3) is 22.1 Å². The maximum absolute atomic E-state index is 12.2. The highest BCUT2D eigenvalue weighted by molar-refractivity contribution is 5.98. The number of aliphatic hydroxyl groups excluding tert-OH is 1. The first kappa shape index (κ1) is 13.5. The van der Waals surface area contributed by atoms with Gasteiger partial charge in [0.15, 0.2) is 0 Å². The minimum absolute atomic E-state index is 0.0553. The average molecular weight is 281 g/mol. The quantitative estimate of drug-likeness (QED) is 0.744. The van der Waals surface area contributed by atoms with Gasteiger partial charge in [0.1, 0.15) is 0 Å². The van der Waals surface area contributed by atoms with Gasteiger partial charge in [-0.1, -0.05) is 12.1 Å². The first-order chi connectivity index (χ1) is 10.2. The van der Waals surface area contributed by atoms with Gasteiger partial charge in [-0.05, 0) is 30.3 Å². The van der Waals surface area contributed by atoms with E-state index in [1.807, 2.05) is 24.3 Å². The summed E-state index contributed by atoms with van der Waals surface area (Å²) in [6, 6.07) is 12.9. The smallest absolute Gasteiger partial charge is 0.253 e. The van der Waals surface area contributed by atoms with Crippen LogP contribution in [-0.4, -0.2) is 46.1 Å². The highest BCUT2D eigenvalue weighted by Gasteiger charge is 2.12. The van der Waals surface area contributed by atoms with Gasteiger partial charge in [-0.25, -0.2) is 9.97 Å². The molecular weight excluding hydrogens is 266 g/mol. The SMILES string of the molecule is CN(CCO)C(=O)c1ccc2nc3ccccc3nc2c1. The van der Waals surface area contributed by atoms with Crippen LogP contribution in [0.15, 0.2) is 42.5 Å². The summed E-state index contributed by atoms with van der Waals surface area (Å²) in [5.41, 5.74) is 3.63. The molecule has 0 unspecified atom stereocenters. The number of hydrogen-bond donors (Lipinski definition) is 1. The summed E-state index contributed by atoms with van der Waals surface area (Å²) < 4.78 is 0. The van der Waals surface area contributed by atoms with Crippen LogP contribution in [0.5, 0.6) is 0 Å². The van der Waals surface area contributed by atoms with Crippen LogP contribution in [0.2, 0.25) is 0 Å². The molecule has 1 heterocycles. The van der Waals surface area contributed by atoms with Gasteiger partial charge in [0, 0.05) is 19.2 Å². The molecule has 0 aliphatic carbocycles. The molecule has 21 heavy (non-hydrogen) atoms. The van der Waals surface area contributed by atoms with Gasteiger partial charge in [0.05, 0.1) is 28.7 Å². The summed E-state index contributed by atoms with van der Waals surface area (Å²) in [6.45, 7) is 0.251. The number of benzene rings is 2. The Bertz CT molecular complexity index is 817. The molecule has 106 valence electrons. The van der Waals surface area contributed by atoms with E-state index < -0.39 is 0 Å². The van der Waals surface area contributed by atoms with E-state index in [1.54, 1.807) is 25.2 Å². The van der Waals surface area contributed by atoms with E-state index in [-0.39, 0.29) is 12.5 Å². The summed E-state index contributed by atoms with van der Waals surface area (Å²) in [6.07, 6.45) is 0. The van der Waals surface area contributed by atoms with Crippen molar-refractivity contribution >= 4 is 28.0 Å². The summed E-state index contributed by atoms with van der Waals surface area (Å²) in [4.78, 5) is 22.8. The molecule has 0 aliphatic rings. The molecule has 3 aromatic rings. The lowest BCUT2D eigenvalue weighted by molar-refractivity contribution is 0.0767. The predicted octanol–water partition coefficient (Wildman–Crippen LogP) is 1.85. The van der Waals surface area contributed by atoms with E-state index >= 15 is 0 Å². The Morgan fingerprint density at radius 1 is 1.05 bits per heavy atom. The van der Waals surface area contributed by atoms with Crippen LogP contribution in [0.4, 0.5) is 0 Å². The van der Waals surface area contributed by atoms with Crippen LogP contribution in [0.3, 0.4) is 0 Å². The van der Waals surface area contributed by atoms with Crippen LogP contribution in [0, 0.1) is 0 Å². The van der Waals surface area contributed by atoms with Crippen molar-refractivity contribution in [2.75, 3.05) is 20.2 Å². The minimum Gasteiger partial charge on any atom is -0.395 e. The zero-order valence-electron chi connectivity index (χ0n) is 11.7. The molecule has 0 atom stereocenters. The number of carbonyl (C=O) groups is 1. The second-order valence-corrected chi connectivity index (χ2v) is 4.87. The van der Waals surface area contributed by atoms with Crippen LogP contribution in [-0.2, 0) is 0 Å². The Morgan fingerprint density at radius 3 is 2.33 bits per heavy atom. The normalized spacial score (nSPS) is 11.0. The second kappa shape index (κ2) is 5.46. The van der Waals surface area contributed by atoms with E-state index in [1.165, 1.54) is 4.90 Å². The zero-order valence-corrected chi connectivity index (χ0v) is 11.7. The fourth-order valence-corrected chi connectivity index (χ4v) is 2.23. The summed E-state index contributed by atoms with van der Waals surface area (Å²) in [5, 5.41) is 8.91. The molecule has 0 spiro atoms. The van der Waals surface area contributed by atoms with E-state index in [9.17, 15) is 4.79 Å². The molecular formula is C16H15N3O2. The van der Waals surface area contributed by atoms with Crippen molar-refractivity contribution in [3.05, 3.63) is 48.0 Å². The van der Waals surface area contributed by atoms with E-state index in [0.717, 1.165) is 16.6 Å². The van der Waals surface area contributed by atoms with Gasteiger partial charge in [0.25, 0.3) is 5.91 Å². The number of amides is 1. The van der Waals surface area contributed by atoms with Crippen molar-refractivity contribution in [2.24, 2.45) is 0 Å². The lowest BCUT2D eigenvalue weighted by atomic mass is 10.1. The van der Waals surface area contributed by atoms with E-state index in [0.29, 0.717) is 17.6 Å². The Labute approximate surface area is 121 Å². The number of aromatic nitrogens is 2. The molecule has 1 N–H and O–H groups in total. The molecule has 0 radical (unpaired) electrons. The highest BCUT2D eigenvalue weighted by Crippen LogP contribution is 2.17. The number of hydrogen-bond acceptors (Lipinski definition) is 4. The van der Waals surface area contributed by atoms with Crippen molar-refractivity contribution in [3.8, 4) is 0 Å². The number of fused-ring (bicyclic) bond motifs is 2. The molecule has 0 fully saturated rings. The van der Waals surface area contributed by atoms with Gasteiger partial charge >= 0.3 is 0 Å². The zero-order chi connectivity index (χ0) is 14.8. The van der Waals surface area contributed by atoms with Gasteiger partial charge in [-0.2, -0.15) is 0 Å². The molecule has 5 nitrogen and oxygen atoms in total. The van der Waals surface area contributed by atoms with Crippen molar-refractivity contribution in [3.63, 3.8) is 0 Å². The van der Waals surface area contributed by atoms with Crippen LogP contribution < -0.4 is 0 Å². The monoisotopic (exact) mass is 281 g/mol. The summed E-state index contributed by atoms with van der Waals surface area (Å²) in [5.74, 6) is -0.138. The molecule has 0 aliphatic heterocycles. The maximum Gasteiger partial charge on any atom is 0.253 e. The predicted molar refractivity (Wildman–Crippen MR) is 81.1 cm³/mol. The first-order valence-electron chi connectivity index (χ1n) is 6.72. The van der Waals surface area contributed by atoms with Crippen molar-refractivity contribution in [1.29, 1.82) is 0 Å². The largest absolute Gasteiger partial charge is 0.395 e. The Morgan fingerprint density at radius 2 is 1.67 bits per heavy atom. The number of aliphatic hydroxyl groups is 1. The molecule has 5 heteroatoms. The molecule has 0 bridgehead atoms. The average Bonchev–Trinajstić information content (AvgIpc) is 2.51. The van der Waals surface area contributed by atoms with Crippen molar-refractivity contribution in [1.82, 2.24) is 14.9 Å². The fraction of sp³-hybridized carbons (Fsp3) is 0.188. The third-order valence-corrected chi connectivity index (χ3v) is 3.37. The number of rotatable bonds is 3. The molecule has 3 rings (SSSR count).